The van der Waals surface area contributed by atoms with Gasteiger partial charge in [0, 0.05) is 22.1 Å². The Hall–Kier alpha value is -6.12. The second-order valence-corrected chi connectivity index (χ2v) is 11.8. The fraction of sp³-hybridized carbons (Fsp3) is 0. The Morgan fingerprint density at radius 2 is 0.891 bits per heavy atom. The topological polar surface area (TPSA) is 16.4 Å². The van der Waals surface area contributed by atoms with Crippen molar-refractivity contribution in [3.63, 3.8) is 0 Å². The van der Waals surface area contributed by atoms with E-state index in [1.165, 1.54) is 43.8 Å². The molecule has 0 saturated carbocycles. The highest BCUT2D eigenvalue weighted by Gasteiger charge is 2.20. The number of fused-ring (bicyclic) bond motifs is 5. The van der Waals surface area contributed by atoms with Crippen LogP contribution in [-0.4, -0.2) is 0 Å². The lowest BCUT2D eigenvalue weighted by Gasteiger charge is -2.26. The van der Waals surface area contributed by atoms with Gasteiger partial charge in [0.05, 0.1) is 5.69 Å². The van der Waals surface area contributed by atoms with Crippen LogP contribution in [0.1, 0.15) is 0 Å². The van der Waals surface area contributed by atoms with Crippen LogP contribution < -0.4 is 4.90 Å². The lowest BCUT2D eigenvalue weighted by molar-refractivity contribution is 0.669. The molecule has 2 nitrogen and oxygen atoms in total. The van der Waals surface area contributed by atoms with E-state index in [1.54, 1.807) is 0 Å². The molecule has 0 aliphatic rings. The quantitative estimate of drug-likeness (QED) is 0.199. The van der Waals surface area contributed by atoms with Crippen molar-refractivity contribution in [1.82, 2.24) is 0 Å². The van der Waals surface area contributed by atoms with Gasteiger partial charge in [-0.15, -0.1) is 0 Å². The molecule has 9 rings (SSSR count). The third-order valence-corrected chi connectivity index (χ3v) is 9.03. The second kappa shape index (κ2) is 10.8. The van der Waals surface area contributed by atoms with E-state index in [0.29, 0.717) is 0 Å². The average Bonchev–Trinajstić information content (AvgIpc) is 3.49. The molecule has 0 bridgehead atoms. The summed E-state index contributed by atoms with van der Waals surface area (Å²) in [6.45, 7) is 0. The van der Waals surface area contributed by atoms with Gasteiger partial charge in [-0.3, -0.25) is 0 Å². The maximum atomic E-state index is 6.70. The Kier molecular flexibility index (Phi) is 6.17. The monoisotopic (exact) mass is 587 g/mol. The third-order valence-electron chi connectivity index (χ3n) is 9.03. The molecule has 216 valence electrons. The van der Waals surface area contributed by atoms with Crippen molar-refractivity contribution < 1.29 is 4.42 Å². The highest BCUT2D eigenvalue weighted by molar-refractivity contribution is 6.13. The van der Waals surface area contributed by atoms with Gasteiger partial charge in [-0.1, -0.05) is 127 Å². The molecule has 0 aliphatic carbocycles. The van der Waals surface area contributed by atoms with Crippen molar-refractivity contribution >= 4 is 60.5 Å². The fourth-order valence-corrected chi connectivity index (χ4v) is 6.68. The number of furan rings is 1. The number of anilines is 3. The Morgan fingerprint density at radius 1 is 0.348 bits per heavy atom. The van der Waals surface area contributed by atoms with Crippen molar-refractivity contribution in [3.05, 3.63) is 176 Å². The Balaban J connectivity index is 1.20. The van der Waals surface area contributed by atoms with Gasteiger partial charge in [-0.05, 0) is 92.3 Å². The van der Waals surface area contributed by atoms with Crippen molar-refractivity contribution in [1.29, 1.82) is 0 Å². The molecule has 1 heterocycles. The number of hydrogen-bond donors (Lipinski definition) is 0. The summed E-state index contributed by atoms with van der Waals surface area (Å²) in [6, 6.07) is 62.7. The minimum Gasteiger partial charge on any atom is -0.454 e. The van der Waals surface area contributed by atoms with Crippen LogP contribution in [0.25, 0.3) is 65.7 Å². The van der Waals surface area contributed by atoms with Crippen LogP contribution in [0.4, 0.5) is 17.1 Å². The van der Waals surface area contributed by atoms with Gasteiger partial charge in [0.15, 0.2) is 5.58 Å². The SMILES string of the molecule is c1ccc(-c2ccc(N(c3ccc(-c4ccc5ccccc5c4)cc3)c3cccc4c3oc3cc5ccccc5cc34)cc2)cc1. The van der Waals surface area contributed by atoms with Gasteiger partial charge in [0.2, 0.25) is 0 Å². The fourth-order valence-electron chi connectivity index (χ4n) is 6.68. The first-order valence-corrected chi connectivity index (χ1v) is 15.7. The minimum atomic E-state index is 0.874. The molecule has 46 heavy (non-hydrogen) atoms. The van der Waals surface area contributed by atoms with Gasteiger partial charge in [-0.2, -0.15) is 0 Å². The summed E-state index contributed by atoms with van der Waals surface area (Å²) in [6.07, 6.45) is 0. The second-order valence-electron chi connectivity index (χ2n) is 11.8. The Morgan fingerprint density at radius 3 is 1.59 bits per heavy atom. The summed E-state index contributed by atoms with van der Waals surface area (Å²) in [5.41, 5.74) is 9.68. The smallest absolute Gasteiger partial charge is 0.159 e. The predicted molar refractivity (Wildman–Crippen MR) is 194 cm³/mol. The maximum absolute atomic E-state index is 6.70. The first-order chi connectivity index (χ1) is 22.8. The van der Waals surface area contributed by atoms with E-state index in [4.69, 9.17) is 4.42 Å². The Bertz CT molecular complexity index is 2510. The first kappa shape index (κ1) is 26.3. The first-order valence-electron chi connectivity index (χ1n) is 15.7. The van der Waals surface area contributed by atoms with Crippen LogP contribution in [0.15, 0.2) is 180 Å². The van der Waals surface area contributed by atoms with Crippen molar-refractivity contribution in [2.24, 2.45) is 0 Å². The molecule has 8 aromatic carbocycles. The molecule has 0 atom stereocenters. The Labute approximate surface area is 267 Å². The number of hydrogen-bond acceptors (Lipinski definition) is 2. The van der Waals surface area contributed by atoms with Gasteiger partial charge in [0.1, 0.15) is 5.58 Å². The molecule has 0 unspecified atom stereocenters. The summed E-state index contributed by atoms with van der Waals surface area (Å²) in [7, 11) is 0. The molecule has 1 aromatic heterocycles. The zero-order valence-corrected chi connectivity index (χ0v) is 25.1. The molecule has 0 radical (unpaired) electrons. The van der Waals surface area contributed by atoms with E-state index in [9.17, 15) is 0 Å². The highest BCUT2D eigenvalue weighted by atomic mass is 16.3. The van der Waals surface area contributed by atoms with Crippen molar-refractivity contribution in [2.75, 3.05) is 4.90 Å². The number of nitrogens with zero attached hydrogens (tertiary/aromatic N) is 1. The van der Waals surface area contributed by atoms with Crippen LogP contribution in [-0.2, 0) is 0 Å². The number of benzene rings is 8. The van der Waals surface area contributed by atoms with E-state index < -0.39 is 0 Å². The molecular weight excluding hydrogens is 558 g/mol. The van der Waals surface area contributed by atoms with Crippen LogP contribution in [0, 0.1) is 0 Å². The van der Waals surface area contributed by atoms with Crippen LogP contribution in [0.3, 0.4) is 0 Å². The van der Waals surface area contributed by atoms with Crippen LogP contribution in [0.5, 0.6) is 0 Å². The molecule has 0 amide bonds. The van der Waals surface area contributed by atoms with E-state index in [2.05, 4.69) is 181 Å². The molecule has 0 spiro atoms. The van der Waals surface area contributed by atoms with Crippen molar-refractivity contribution in [3.8, 4) is 22.3 Å². The largest absolute Gasteiger partial charge is 0.454 e. The number of para-hydroxylation sites is 1. The molecule has 9 aromatic rings. The zero-order valence-electron chi connectivity index (χ0n) is 25.1. The lowest BCUT2D eigenvalue weighted by atomic mass is 10.0. The van der Waals surface area contributed by atoms with E-state index in [1.807, 2.05) is 0 Å². The third kappa shape index (κ3) is 4.51. The maximum Gasteiger partial charge on any atom is 0.159 e. The van der Waals surface area contributed by atoms with Gasteiger partial charge in [-0.25, -0.2) is 0 Å². The summed E-state index contributed by atoms with van der Waals surface area (Å²) in [5, 5.41) is 7.11. The van der Waals surface area contributed by atoms with Crippen LogP contribution in [0.2, 0.25) is 0 Å². The standard InChI is InChI=1S/C44H29NO/c1-2-9-30(10-3-1)32-19-23-38(24-20-32)45(39-25-21-33(22-26-39)37-18-17-31-11-4-5-12-34(31)27-37)42-16-8-15-40-41-28-35-13-6-7-14-36(35)29-43(41)46-44(40)42/h1-29H. The van der Waals surface area contributed by atoms with E-state index in [-0.39, 0.29) is 0 Å². The molecule has 2 heteroatoms. The average molecular weight is 588 g/mol. The summed E-state index contributed by atoms with van der Waals surface area (Å²) in [4.78, 5) is 2.31. The van der Waals surface area contributed by atoms with E-state index in [0.717, 1.165) is 39.0 Å². The van der Waals surface area contributed by atoms with E-state index >= 15 is 0 Å². The van der Waals surface area contributed by atoms with Gasteiger partial charge >= 0.3 is 0 Å². The minimum absolute atomic E-state index is 0.874. The molecule has 0 saturated heterocycles. The highest BCUT2D eigenvalue weighted by Crippen LogP contribution is 2.43. The summed E-state index contributed by atoms with van der Waals surface area (Å²) >= 11 is 0. The predicted octanol–water partition coefficient (Wildman–Crippen LogP) is 12.7. The van der Waals surface area contributed by atoms with Gasteiger partial charge in [0.25, 0.3) is 0 Å². The molecule has 0 N–H and O–H groups in total. The lowest BCUT2D eigenvalue weighted by Crippen LogP contribution is -2.10. The molecule has 0 fully saturated rings. The number of rotatable bonds is 5. The van der Waals surface area contributed by atoms with Gasteiger partial charge < -0.3 is 9.32 Å². The normalized spacial score (nSPS) is 11.5. The van der Waals surface area contributed by atoms with Crippen LogP contribution >= 0.6 is 0 Å². The van der Waals surface area contributed by atoms with Crippen molar-refractivity contribution in [2.45, 2.75) is 0 Å². The summed E-state index contributed by atoms with van der Waals surface area (Å²) < 4.78 is 6.70. The zero-order chi connectivity index (χ0) is 30.5. The molecular formula is C44H29NO. The summed E-state index contributed by atoms with van der Waals surface area (Å²) in [5.74, 6) is 0. The molecule has 0 aliphatic heterocycles.